The summed E-state index contributed by atoms with van der Waals surface area (Å²) in [6, 6.07) is 18.5. The number of carbonyl (C=O) groups is 1. The van der Waals surface area contributed by atoms with E-state index in [2.05, 4.69) is 61.7 Å². The van der Waals surface area contributed by atoms with E-state index in [0.29, 0.717) is 43.5 Å². The smallest absolute Gasteiger partial charge is 0.254 e. The topological polar surface area (TPSA) is 70.0 Å². The Labute approximate surface area is 234 Å². The lowest BCUT2D eigenvalue weighted by Gasteiger charge is -2.27. The quantitative estimate of drug-likeness (QED) is 0.277. The molecule has 1 fully saturated rings. The number of aliphatic hydroxyl groups excluding tert-OH is 2. The number of aliphatic hydroxyl groups is 2. The van der Waals surface area contributed by atoms with Gasteiger partial charge in [-0.15, -0.1) is 5.92 Å². The standard InChI is InChI=1S/C34H45NO4/c1-4-5-9-23-39-31-18-16-30(17-19-31)24-26(2)14-15-27(3)32(36)33(37)34(38)35-21-10-13-29(20-22-35)25-28-11-7-6-8-12-28/h6-8,11-12,16-19,26,29,32-33,36-37H,3-4,10,13-15,20-25H2,1-2H3/t26?,29?,32-,33+/m0/s1. The molecule has 210 valence electrons. The first kappa shape index (κ1) is 30.5. The van der Waals surface area contributed by atoms with Crippen LogP contribution in [0, 0.1) is 23.7 Å². The van der Waals surface area contributed by atoms with E-state index in [1.54, 1.807) is 4.90 Å². The molecule has 5 heteroatoms. The van der Waals surface area contributed by atoms with E-state index in [4.69, 9.17) is 4.74 Å². The second kappa shape index (κ2) is 16.1. The van der Waals surface area contributed by atoms with Gasteiger partial charge in [0, 0.05) is 19.5 Å². The minimum atomic E-state index is -1.46. The van der Waals surface area contributed by atoms with Gasteiger partial charge in [-0.2, -0.15) is 0 Å². The Hall–Kier alpha value is -3.07. The van der Waals surface area contributed by atoms with Crippen molar-refractivity contribution >= 4 is 5.91 Å². The monoisotopic (exact) mass is 531 g/mol. The maximum Gasteiger partial charge on any atom is 0.254 e. The predicted molar refractivity (Wildman–Crippen MR) is 157 cm³/mol. The van der Waals surface area contributed by atoms with Crippen molar-refractivity contribution in [1.29, 1.82) is 0 Å². The van der Waals surface area contributed by atoms with Gasteiger partial charge in [0.15, 0.2) is 6.10 Å². The lowest BCUT2D eigenvalue weighted by molar-refractivity contribution is -0.144. The highest BCUT2D eigenvalue weighted by Crippen LogP contribution is 2.24. The molecule has 0 bridgehead atoms. The highest BCUT2D eigenvalue weighted by molar-refractivity contribution is 5.81. The van der Waals surface area contributed by atoms with E-state index < -0.39 is 12.2 Å². The molecule has 0 saturated carbocycles. The van der Waals surface area contributed by atoms with Gasteiger partial charge < -0.3 is 19.8 Å². The summed E-state index contributed by atoms with van der Waals surface area (Å²) in [7, 11) is 0. The third-order valence-corrected chi connectivity index (χ3v) is 7.58. The summed E-state index contributed by atoms with van der Waals surface area (Å²) in [5.41, 5.74) is 3.04. The zero-order valence-corrected chi connectivity index (χ0v) is 23.6. The van der Waals surface area contributed by atoms with Gasteiger partial charge in [0.05, 0.1) is 0 Å². The number of nitrogens with zero attached hydrogens (tertiary/aromatic N) is 1. The first-order valence-corrected chi connectivity index (χ1v) is 14.4. The van der Waals surface area contributed by atoms with Crippen LogP contribution in [0.4, 0.5) is 0 Å². The van der Waals surface area contributed by atoms with Crippen LogP contribution in [0.1, 0.15) is 63.5 Å². The summed E-state index contributed by atoms with van der Waals surface area (Å²) in [6.07, 6.45) is 4.25. The molecule has 1 amide bonds. The van der Waals surface area contributed by atoms with Crippen LogP contribution in [-0.4, -0.2) is 52.9 Å². The highest BCUT2D eigenvalue weighted by Gasteiger charge is 2.31. The maximum atomic E-state index is 13.0. The molecular formula is C34H45NO4. The van der Waals surface area contributed by atoms with E-state index in [-0.39, 0.29) is 5.91 Å². The minimum Gasteiger partial charge on any atom is -0.481 e. The molecule has 3 rings (SSSR count). The number of benzene rings is 2. The average Bonchev–Trinajstić information content (AvgIpc) is 3.19. The predicted octanol–water partition coefficient (Wildman–Crippen LogP) is 5.59. The largest absolute Gasteiger partial charge is 0.481 e. The SMILES string of the molecule is C=C(CCC(C)Cc1ccc(OCC#CCC)cc1)[C@H](O)[C@@H](O)C(=O)N1CCCC(Cc2ccccc2)CC1. The van der Waals surface area contributed by atoms with Crippen molar-refractivity contribution in [2.24, 2.45) is 11.8 Å². The molecule has 5 nitrogen and oxygen atoms in total. The van der Waals surface area contributed by atoms with E-state index in [9.17, 15) is 15.0 Å². The number of hydrogen-bond acceptors (Lipinski definition) is 4. The van der Waals surface area contributed by atoms with Crippen LogP contribution < -0.4 is 4.74 Å². The van der Waals surface area contributed by atoms with Gasteiger partial charge in [-0.1, -0.05) is 68.8 Å². The Morgan fingerprint density at radius 3 is 2.49 bits per heavy atom. The van der Waals surface area contributed by atoms with Crippen LogP contribution in [0.5, 0.6) is 5.75 Å². The lowest BCUT2D eigenvalue weighted by Crippen LogP contribution is -2.45. The molecule has 1 aliphatic heterocycles. The Morgan fingerprint density at radius 1 is 1.03 bits per heavy atom. The van der Waals surface area contributed by atoms with E-state index in [1.807, 2.05) is 25.1 Å². The number of carbonyl (C=O) groups excluding carboxylic acids is 1. The van der Waals surface area contributed by atoms with Crippen molar-refractivity contribution < 1.29 is 19.7 Å². The van der Waals surface area contributed by atoms with Crippen LogP contribution in [0.15, 0.2) is 66.7 Å². The molecule has 4 atom stereocenters. The molecule has 0 aromatic heterocycles. The van der Waals surface area contributed by atoms with E-state index >= 15 is 0 Å². The first-order chi connectivity index (χ1) is 18.9. The minimum absolute atomic E-state index is 0.358. The van der Waals surface area contributed by atoms with Crippen LogP contribution in [-0.2, 0) is 17.6 Å². The third kappa shape index (κ3) is 10.2. The van der Waals surface area contributed by atoms with Gasteiger partial charge in [-0.05, 0) is 85.6 Å². The Balaban J connectivity index is 1.40. The number of likely N-dealkylation sites (tertiary alicyclic amines) is 1. The van der Waals surface area contributed by atoms with Gasteiger partial charge in [-0.3, -0.25) is 4.79 Å². The molecule has 2 aromatic rings. The van der Waals surface area contributed by atoms with Gasteiger partial charge in [-0.25, -0.2) is 0 Å². The zero-order chi connectivity index (χ0) is 28.0. The molecular weight excluding hydrogens is 486 g/mol. The fourth-order valence-electron chi connectivity index (χ4n) is 5.18. The second-order valence-corrected chi connectivity index (χ2v) is 10.8. The Bertz CT molecular complexity index is 1090. The molecule has 0 aliphatic carbocycles. The molecule has 0 spiro atoms. The Kier molecular flexibility index (Phi) is 12.6. The van der Waals surface area contributed by atoms with E-state index in [1.165, 1.54) is 11.1 Å². The molecule has 39 heavy (non-hydrogen) atoms. The first-order valence-electron chi connectivity index (χ1n) is 14.4. The molecule has 0 radical (unpaired) electrons. The maximum absolute atomic E-state index is 13.0. The summed E-state index contributed by atoms with van der Waals surface area (Å²) >= 11 is 0. The van der Waals surface area contributed by atoms with Crippen molar-refractivity contribution in [2.75, 3.05) is 19.7 Å². The average molecular weight is 532 g/mol. The lowest BCUT2D eigenvalue weighted by atomic mass is 9.92. The van der Waals surface area contributed by atoms with E-state index in [0.717, 1.165) is 50.7 Å². The van der Waals surface area contributed by atoms with Gasteiger partial charge in [0.1, 0.15) is 18.5 Å². The van der Waals surface area contributed by atoms with Crippen LogP contribution in [0.3, 0.4) is 0 Å². The summed E-state index contributed by atoms with van der Waals surface area (Å²) in [4.78, 5) is 14.7. The van der Waals surface area contributed by atoms with Crippen molar-refractivity contribution in [3.63, 3.8) is 0 Å². The Morgan fingerprint density at radius 2 is 1.77 bits per heavy atom. The number of rotatable bonds is 12. The zero-order valence-electron chi connectivity index (χ0n) is 23.6. The highest BCUT2D eigenvalue weighted by atomic mass is 16.5. The van der Waals surface area contributed by atoms with Crippen molar-refractivity contribution in [3.05, 3.63) is 77.9 Å². The van der Waals surface area contributed by atoms with Crippen LogP contribution in [0.25, 0.3) is 0 Å². The summed E-state index contributed by atoms with van der Waals surface area (Å²) in [5.74, 6) is 7.26. The molecule has 2 unspecified atom stereocenters. The molecule has 1 heterocycles. The number of amides is 1. The summed E-state index contributed by atoms with van der Waals surface area (Å²) in [5, 5.41) is 21.4. The molecule has 2 aromatic carbocycles. The van der Waals surface area contributed by atoms with Crippen LogP contribution in [0.2, 0.25) is 0 Å². The second-order valence-electron chi connectivity index (χ2n) is 10.8. The molecule has 1 aliphatic rings. The van der Waals surface area contributed by atoms with Crippen molar-refractivity contribution in [3.8, 4) is 17.6 Å². The fourth-order valence-corrected chi connectivity index (χ4v) is 5.18. The fraction of sp³-hybridized carbons (Fsp3) is 0.500. The van der Waals surface area contributed by atoms with Gasteiger partial charge in [0.25, 0.3) is 5.91 Å². The molecule has 2 N–H and O–H groups in total. The third-order valence-electron chi connectivity index (χ3n) is 7.58. The van der Waals surface area contributed by atoms with Gasteiger partial charge >= 0.3 is 0 Å². The normalized spacial score (nSPS) is 17.7. The summed E-state index contributed by atoms with van der Waals surface area (Å²) in [6.45, 7) is 9.81. The van der Waals surface area contributed by atoms with Crippen molar-refractivity contribution in [2.45, 2.75) is 77.4 Å². The van der Waals surface area contributed by atoms with Crippen LogP contribution >= 0.6 is 0 Å². The van der Waals surface area contributed by atoms with Gasteiger partial charge in [0.2, 0.25) is 0 Å². The summed E-state index contributed by atoms with van der Waals surface area (Å²) < 4.78 is 5.63. The molecule has 1 saturated heterocycles. The number of hydrogen-bond donors (Lipinski definition) is 2. The number of ether oxygens (including phenoxy) is 1. The van der Waals surface area contributed by atoms with Crippen molar-refractivity contribution in [1.82, 2.24) is 4.90 Å².